The maximum absolute atomic E-state index is 5.87. The van der Waals surface area contributed by atoms with Crippen LogP contribution in [0.1, 0.15) is 27.2 Å². The molecule has 1 aromatic rings. The number of guanidine groups is 1. The first-order chi connectivity index (χ1) is 12.0. The number of methoxy groups -OCH3 is 1. The third kappa shape index (κ3) is 3.27. The van der Waals surface area contributed by atoms with Gasteiger partial charge in [-0.2, -0.15) is 0 Å². The molecule has 3 rings (SSSR count). The fraction of sp³-hybridized carbons (Fsp3) is 0.632. The van der Waals surface area contributed by atoms with Gasteiger partial charge in [0.05, 0.1) is 19.8 Å². The Balaban J connectivity index is 1.69. The van der Waals surface area contributed by atoms with Crippen LogP contribution in [-0.4, -0.2) is 45.5 Å². The minimum Gasteiger partial charge on any atom is -0.493 e. The van der Waals surface area contributed by atoms with E-state index < -0.39 is 0 Å². The molecule has 2 aliphatic rings. The molecule has 6 nitrogen and oxygen atoms in total. The van der Waals surface area contributed by atoms with Crippen molar-refractivity contribution in [1.29, 1.82) is 0 Å². The van der Waals surface area contributed by atoms with Crippen LogP contribution in [0.15, 0.2) is 23.2 Å². The summed E-state index contributed by atoms with van der Waals surface area (Å²) in [5.41, 5.74) is 1.01. The lowest BCUT2D eigenvalue weighted by atomic mass is 9.57. The van der Waals surface area contributed by atoms with Crippen molar-refractivity contribution in [3.63, 3.8) is 0 Å². The summed E-state index contributed by atoms with van der Waals surface area (Å²) in [6.07, 6.45) is 1.47. The van der Waals surface area contributed by atoms with Crippen LogP contribution in [0, 0.1) is 11.3 Å². The average molecular weight is 347 g/mol. The zero-order valence-electron chi connectivity index (χ0n) is 15.8. The van der Waals surface area contributed by atoms with Crippen molar-refractivity contribution < 1.29 is 14.2 Å². The van der Waals surface area contributed by atoms with Crippen molar-refractivity contribution in [1.82, 2.24) is 5.32 Å². The minimum absolute atomic E-state index is 0.106. The van der Waals surface area contributed by atoms with Crippen LogP contribution in [0.4, 0.5) is 5.69 Å². The molecule has 0 radical (unpaired) electrons. The number of nitrogens with one attached hydrogen (secondary N) is 2. The zero-order valence-corrected chi connectivity index (χ0v) is 15.8. The number of ether oxygens (including phenoxy) is 3. The standard InChI is InChI=1S/C19H29N3O3/c1-6-24-14-8-7-12(11-15(14)23-5)21-18(20-4)22-16-13-9-10-25-17(13)19(16,2)3/h7-8,11,13,16-17H,6,9-10H2,1-5H3,(H2,20,21,22). The van der Waals surface area contributed by atoms with Crippen LogP contribution in [0.2, 0.25) is 0 Å². The molecule has 3 unspecified atom stereocenters. The lowest BCUT2D eigenvalue weighted by molar-refractivity contribution is -0.106. The van der Waals surface area contributed by atoms with Gasteiger partial charge in [-0.3, -0.25) is 4.99 Å². The highest BCUT2D eigenvalue weighted by Gasteiger charge is 2.59. The second kappa shape index (κ2) is 7.12. The van der Waals surface area contributed by atoms with Crippen molar-refractivity contribution in [2.24, 2.45) is 16.3 Å². The van der Waals surface area contributed by atoms with E-state index in [1.54, 1.807) is 14.2 Å². The van der Waals surface area contributed by atoms with Crippen LogP contribution in [0.3, 0.4) is 0 Å². The number of rotatable bonds is 5. The van der Waals surface area contributed by atoms with Gasteiger partial charge in [-0.05, 0) is 25.5 Å². The summed E-state index contributed by atoms with van der Waals surface area (Å²) in [5, 5.41) is 6.93. The van der Waals surface area contributed by atoms with E-state index >= 15 is 0 Å². The topological polar surface area (TPSA) is 64.1 Å². The molecular weight excluding hydrogens is 318 g/mol. The van der Waals surface area contributed by atoms with Crippen molar-refractivity contribution in [3.8, 4) is 11.5 Å². The highest BCUT2D eigenvalue weighted by atomic mass is 16.5. The van der Waals surface area contributed by atoms with E-state index in [-0.39, 0.29) is 5.41 Å². The number of aliphatic imine (C=N–C) groups is 1. The van der Waals surface area contributed by atoms with E-state index in [4.69, 9.17) is 14.2 Å². The normalized spacial score (nSPS) is 27.2. The van der Waals surface area contributed by atoms with E-state index in [1.165, 1.54) is 0 Å². The van der Waals surface area contributed by atoms with Crippen LogP contribution < -0.4 is 20.1 Å². The molecule has 2 fully saturated rings. The van der Waals surface area contributed by atoms with Crippen LogP contribution in [-0.2, 0) is 4.74 Å². The molecule has 6 heteroatoms. The van der Waals surface area contributed by atoms with E-state index in [1.807, 2.05) is 25.1 Å². The number of nitrogens with zero attached hydrogens (tertiary/aromatic N) is 1. The lowest BCUT2D eigenvalue weighted by Crippen LogP contribution is -2.67. The van der Waals surface area contributed by atoms with Crippen LogP contribution in [0.5, 0.6) is 11.5 Å². The Kier molecular flexibility index (Phi) is 5.08. The van der Waals surface area contributed by atoms with Gasteiger partial charge in [0, 0.05) is 42.8 Å². The van der Waals surface area contributed by atoms with E-state index in [2.05, 4.69) is 29.5 Å². The van der Waals surface area contributed by atoms with Gasteiger partial charge in [-0.15, -0.1) is 0 Å². The second-order valence-corrected chi connectivity index (χ2v) is 7.18. The van der Waals surface area contributed by atoms with Crippen LogP contribution in [0.25, 0.3) is 0 Å². The Bertz CT molecular complexity index is 645. The first-order valence-corrected chi connectivity index (χ1v) is 8.94. The predicted molar refractivity (Wildman–Crippen MR) is 99.7 cm³/mol. The van der Waals surface area contributed by atoms with Gasteiger partial charge < -0.3 is 24.8 Å². The molecule has 138 valence electrons. The highest BCUT2D eigenvalue weighted by Crippen LogP contribution is 2.52. The Morgan fingerprint density at radius 2 is 2.16 bits per heavy atom. The van der Waals surface area contributed by atoms with E-state index in [9.17, 15) is 0 Å². The summed E-state index contributed by atoms with van der Waals surface area (Å²) in [6, 6.07) is 6.15. The molecule has 1 saturated heterocycles. The Morgan fingerprint density at radius 3 is 2.84 bits per heavy atom. The smallest absolute Gasteiger partial charge is 0.195 e. The molecule has 3 atom stereocenters. The van der Waals surface area contributed by atoms with E-state index in [0.29, 0.717) is 30.4 Å². The predicted octanol–water partition coefficient (Wildman–Crippen LogP) is 2.89. The summed E-state index contributed by atoms with van der Waals surface area (Å²) < 4.78 is 16.8. The molecule has 25 heavy (non-hydrogen) atoms. The van der Waals surface area contributed by atoms with Crippen molar-refractivity contribution >= 4 is 11.6 Å². The van der Waals surface area contributed by atoms with Gasteiger partial charge in [0.15, 0.2) is 17.5 Å². The summed E-state index contributed by atoms with van der Waals surface area (Å²) in [5.74, 6) is 2.76. The molecular formula is C19H29N3O3. The maximum Gasteiger partial charge on any atom is 0.195 e. The number of hydrogen-bond acceptors (Lipinski definition) is 4. The first-order valence-electron chi connectivity index (χ1n) is 8.94. The van der Waals surface area contributed by atoms with Gasteiger partial charge in [0.25, 0.3) is 0 Å². The van der Waals surface area contributed by atoms with Crippen molar-refractivity contribution in [2.45, 2.75) is 39.3 Å². The van der Waals surface area contributed by atoms with Gasteiger partial charge in [0.2, 0.25) is 0 Å². The molecule has 0 bridgehead atoms. The maximum atomic E-state index is 5.87. The molecule has 1 aliphatic carbocycles. The van der Waals surface area contributed by atoms with Crippen molar-refractivity contribution in [2.75, 3.05) is 32.7 Å². The summed E-state index contributed by atoms with van der Waals surface area (Å²) >= 11 is 0. The molecule has 1 aromatic carbocycles. The van der Waals surface area contributed by atoms with E-state index in [0.717, 1.165) is 30.4 Å². The lowest BCUT2D eigenvalue weighted by Gasteiger charge is -2.54. The number of benzene rings is 1. The third-order valence-electron chi connectivity index (χ3n) is 5.34. The Hall–Kier alpha value is -1.95. The number of hydrogen-bond donors (Lipinski definition) is 2. The molecule has 1 heterocycles. The zero-order chi connectivity index (χ0) is 18.0. The van der Waals surface area contributed by atoms with Crippen LogP contribution >= 0.6 is 0 Å². The average Bonchev–Trinajstić information content (AvgIpc) is 3.06. The fourth-order valence-corrected chi connectivity index (χ4v) is 4.08. The SMILES string of the molecule is CCOc1ccc(NC(=NC)NC2C3CCOC3C2(C)C)cc1OC. The fourth-order valence-electron chi connectivity index (χ4n) is 4.08. The molecule has 1 aliphatic heterocycles. The Labute approximate surface area is 149 Å². The largest absolute Gasteiger partial charge is 0.493 e. The minimum atomic E-state index is 0.106. The molecule has 0 amide bonds. The molecule has 2 N–H and O–H groups in total. The summed E-state index contributed by atoms with van der Waals surface area (Å²) in [6.45, 7) is 7.93. The van der Waals surface area contributed by atoms with Gasteiger partial charge in [0.1, 0.15) is 0 Å². The molecule has 0 spiro atoms. The van der Waals surface area contributed by atoms with Gasteiger partial charge in [-0.25, -0.2) is 0 Å². The number of anilines is 1. The quantitative estimate of drug-likeness (QED) is 0.633. The second-order valence-electron chi connectivity index (χ2n) is 7.18. The summed E-state index contributed by atoms with van der Waals surface area (Å²) in [7, 11) is 3.43. The van der Waals surface area contributed by atoms with Gasteiger partial charge in [-0.1, -0.05) is 13.8 Å². The Morgan fingerprint density at radius 1 is 1.36 bits per heavy atom. The monoisotopic (exact) mass is 347 g/mol. The summed E-state index contributed by atoms with van der Waals surface area (Å²) in [4.78, 5) is 4.38. The number of fused-ring (bicyclic) bond motifs is 1. The van der Waals surface area contributed by atoms with Gasteiger partial charge >= 0.3 is 0 Å². The highest BCUT2D eigenvalue weighted by molar-refractivity contribution is 5.94. The molecule has 0 aromatic heterocycles. The molecule has 1 saturated carbocycles. The van der Waals surface area contributed by atoms with Crippen molar-refractivity contribution in [3.05, 3.63) is 18.2 Å². The third-order valence-corrected chi connectivity index (χ3v) is 5.34. The first kappa shape index (κ1) is 17.9.